The fraction of sp³-hybridized carbons (Fsp3) is 0.167. The van der Waals surface area contributed by atoms with E-state index in [1.54, 1.807) is 6.07 Å². The fourth-order valence-corrected chi connectivity index (χ4v) is 1.95. The van der Waals surface area contributed by atoms with E-state index < -0.39 is 0 Å². The van der Waals surface area contributed by atoms with Crippen LogP contribution in [0.4, 0.5) is 5.69 Å². The number of hydrogen-bond donors (Lipinski definition) is 1. The number of hydrogen-bond acceptors (Lipinski definition) is 3. The monoisotopic (exact) mass is 250 g/mol. The Hall–Kier alpha value is -1.81. The Morgan fingerprint density at radius 2 is 2.18 bits per heavy atom. The number of nitrogens with one attached hydrogen (secondary N) is 1. The molecule has 0 bridgehead atoms. The Kier molecular flexibility index (Phi) is 3.15. The van der Waals surface area contributed by atoms with E-state index in [2.05, 4.69) is 10.5 Å². The van der Waals surface area contributed by atoms with Gasteiger partial charge in [0.25, 0.3) is 5.91 Å². The molecule has 1 heterocycles. The first-order chi connectivity index (χ1) is 8.08. The van der Waals surface area contributed by atoms with Gasteiger partial charge >= 0.3 is 0 Å². The molecule has 0 fully saturated rings. The number of amides is 1. The number of carbonyl (C=O) groups excluding carboxylic acids is 1. The minimum absolute atomic E-state index is 0.154. The summed E-state index contributed by atoms with van der Waals surface area (Å²) >= 11 is 6.08. The summed E-state index contributed by atoms with van der Waals surface area (Å²) in [6, 6.07) is 5.24. The lowest BCUT2D eigenvalue weighted by molar-refractivity contribution is 0.0988. The SMILES string of the molecule is Cc1cc(C)c(NC(=O)c2ccno2)c(Cl)c1. The van der Waals surface area contributed by atoms with Gasteiger partial charge in [0.05, 0.1) is 16.9 Å². The molecule has 2 aromatic rings. The second kappa shape index (κ2) is 4.59. The minimum Gasteiger partial charge on any atom is -0.351 e. The van der Waals surface area contributed by atoms with Crippen LogP contribution in [0.1, 0.15) is 21.7 Å². The highest BCUT2D eigenvalue weighted by Crippen LogP contribution is 2.27. The van der Waals surface area contributed by atoms with Crippen molar-refractivity contribution in [3.8, 4) is 0 Å². The molecule has 1 aromatic carbocycles. The van der Waals surface area contributed by atoms with Crippen LogP contribution >= 0.6 is 11.6 Å². The quantitative estimate of drug-likeness (QED) is 0.891. The summed E-state index contributed by atoms with van der Waals surface area (Å²) in [4.78, 5) is 11.8. The number of aromatic nitrogens is 1. The van der Waals surface area contributed by atoms with Crippen LogP contribution in [0.25, 0.3) is 0 Å². The molecule has 0 radical (unpaired) electrons. The van der Waals surface area contributed by atoms with Crippen molar-refractivity contribution in [1.29, 1.82) is 0 Å². The van der Waals surface area contributed by atoms with Gasteiger partial charge < -0.3 is 9.84 Å². The van der Waals surface area contributed by atoms with Crippen LogP contribution in [0.2, 0.25) is 5.02 Å². The van der Waals surface area contributed by atoms with Gasteiger partial charge in [-0.3, -0.25) is 4.79 Å². The molecule has 1 amide bonds. The Morgan fingerprint density at radius 3 is 2.76 bits per heavy atom. The molecule has 1 N–H and O–H groups in total. The van der Waals surface area contributed by atoms with Gasteiger partial charge in [0.15, 0.2) is 0 Å². The molecule has 0 aliphatic heterocycles. The number of carbonyl (C=O) groups is 1. The van der Waals surface area contributed by atoms with Gasteiger partial charge in [-0.15, -0.1) is 0 Å². The number of rotatable bonds is 2. The molecule has 88 valence electrons. The second-order valence-corrected chi connectivity index (χ2v) is 4.18. The molecule has 1 aromatic heterocycles. The Morgan fingerprint density at radius 1 is 1.41 bits per heavy atom. The lowest BCUT2D eigenvalue weighted by Gasteiger charge is -2.10. The van der Waals surface area contributed by atoms with Crippen LogP contribution in [-0.2, 0) is 0 Å². The third kappa shape index (κ3) is 2.47. The summed E-state index contributed by atoms with van der Waals surface area (Å²) in [5.74, 6) is -0.211. The highest BCUT2D eigenvalue weighted by atomic mass is 35.5. The van der Waals surface area contributed by atoms with E-state index in [0.29, 0.717) is 10.7 Å². The summed E-state index contributed by atoms with van der Waals surface area (Å²) in [7, 11) is 0. The molecular formula is C12H11ClN2O2. The van der Waals surface area contributed by atoms with E-state index in [4.69, 9.17) is 16.1 Å². The summed E-state index contributed by atoms with van der Waals surface area (Å²) in [6.07, 6.45) is 1.42. The van der Waals surface area contributed by atoms with Crippen molar-refractivity contribution in [3.63, 3.8) is 0 Å². The van der Waals surface area contributed by atoms with Gasteiger partial charge in [0.2, 0.25) is 5.76 Å². The zero-order chi connectivity index (χ0) is 12.4. The zero-order valence-electron chi connectivity index (χ0n) is 9.45. The molecule has 0 spiro atoms. The summed E-state index contributed by atoms with van der Waals surface area (Å²) in [5.41, 5.74) is 2.55. The van der Waals surface area contributed by atoms with Crippen LogP contribution in [0.15, 0.2) is 28.9 Å². The molecule has 4 nitrogen and oxygen atoms in total. The van der Waals surface area contributed by atoms with Gasteiger partial charge in [0.1, 0.15) is 0 Å². The molecular weight excluding hydrogens is 240 g/mol. The Balaban J connectivity index is 2.28. The van der Waals surface area contributed by atoms with Crippen molar-refractivity contribution in [3.05, 3.63) is 46.3 Å². The van der Waals surface area contributed by atoms with E-state index in [1.807, 2.05) is 19.9 Å². The molecule has 2 rings (SSSR count). The van der Waals surface area contributed by atoms with Crippen molar-refractivity contribution in [2.75, 3.05) is 5.32 Å². The first-order valence-corrected chi connectivity index (χ1v) is 5.44. The predicted octanol–water partition coefficient (Wildman–Crippen LogP) is 3.20. The van der Waals surface area contributed by atoms with Crippen molar-refractivity contribution in [1.82, 2.24) is 5.16 Å². The van der Waals surface area contributed by atoms with Crippen LogP contribution < -0.4 is 5.32 Å². The normalized spacial score (nSPS) is 10.3. The average Bonchev–Trinajstić information content (AvgIpc) is 2.76. The largest absolute Gasteiger partial charge is 0.351 e. The summed E-state index contributed by atoms with van der Waals surface area (Å²) < 4.78 is 4.77. The van der Waals surface area contributed by atoms with Crippen molar-refractivity contribution in [2.45, 2.75) is 13.8 Å². The average molecular weight is 251 g/mol. The smallest absolute Gasteiger partial charge is 0.294 e. The maximum absolute atomic E-state index is 11.8. The summed E-state index contributed by atoms with van der Waals surface area (Å²) in [6.45, 7) is 3.83. The topological polar surface area (TPSA) is 55.1 Å². The lowest BCUT2D eigenvalue weighted by Crippen LogP contribution is -2.12. The molecule has 0 unspecified atom stereocenters. The first-order valence-electron chi connectivity index (χ1n) is 5.06. The number of nitrogens with zero attached hydrogens (tertiary/aromatic N) is 1. The van der Waals surface area contributed by atoms with E-state index in [0.717, 1.165) is 11.1 Å². The standard InChI is InChI=1S/C12H11ClN2O2/c1-7-5-8(2)11(9(13)6-7)15-12(16)10-3-4-14-17-10/h3-6H,1-2H3,(H,15,16). The van der Waals surface area contributed by atoms with Crippen molar-refractivity contribution >= 4 is 23.2 Å². The van der Waals surface area contributed by atoms with E-state index in [9.17, 15) is 4.79 Å². The van der Waals surface area contributed by atoms with Gasteiger partial charge in [-0.1, -0.05) is 22.8 Å². The van der Waals surface area contributed by atoms with E-state index in [1.165, 1.54) is 12.3 Å². The number of halogens is 1. The third-order valence-electron chi connectivity index (χ3n) is 2.33. The Labute approximate surface area is 104 Å². The number of benzene rings is 1. The molecule has 0 saturated carbocycles. The lowest BCUT2D eigenvalue weighted by atomic mass is 10.1. The number of anilines is 1. The third-order valence-corrected chi connectivity index (χ3v) is 2.63. The predicted molar refractivity (Wildman–Crippen MR) is 65.4 cm³/mol. The van der Waals surface area contributed by atoms with E-state index >= 15 is 0 Å². The molecule has 0 atom stereocenters. The van der Waals surface area contributed by atoms with Gasteiger partial charge in [-0.2, -0.15) is 0 Å². The molecule has 0 aliphatic rings. The fourth-order valence-electron chi connectivity index (χ4n) is 1.58. The molecule has 0 aliphatic carbocycles. The Bertz CT molecular complexity index is 527. The van der Waals surface area contributed by atoms with Crippen LogP contribution in [0.5, 0.6) is 0 Å². The molecule has 0 saturated heterocycles. The van der Waals surface area contributed by atoms with E-state index in [-0.39, 0.29) is 11.7 Å². The summed E-state index contributed by atoms with van der Waals surface area (Å²) in [5, 5.41) is 6.69. The van der Waals surface area contributed by atoms with Crippen molar-refractivity contribution < 1.29 is 9.32 Å². The maximum atomic E-state index is 11.8. The molecule has 17 heavy (non-hydrogen) atoms. The first kappa shape index (κ1) is 11.7. The van der Waals surface area contributed by atoms with Gasteiger partial charge in [-0.05, 0) is 31.0 Å². The van der Waals surface area contributed by atoms with Crippen molar-refractivity contribution in [2.24, 2.45) is 0 Å². The second-order valence-electron chi connectivity index (χ2n) is 3.77. The minimum atomic E-state index is -0.364. The maximum Gasteiger partial charge on any atom is 0.294 e. The van der Waals surface area contributed by atoms with Crippen LogP contribution in [0, 0.1) is 13.8 Å². The van der Waals surface area contributed by atoms with Gasteiger partial charge in [0, 0.05) is 6.07 Å². The number of aryl methyl sites for hydroxylation is 2. The highest BCUT2D eigenvalue weighted by Gasteiger charge is 2.13. The molecule has 5 heteroatoms. The van der Waals surface area contributed by atoms with Gasteiger partial charge in [-0.25, -0.2) is 0 Å². The van der Waals surface area contributed by atoms with Crippen LogP contribution in [0.3, 0.4) is 0 Å². The van der Waals surface area contributed by atoms with Crippen LogP contribution in [-0.4, -0.2) is 11.1 Å². The zero-order valence-corrected chi connectivity index (χ0v) is 10.2. The highest BCUT2D eigenvalue weighted by molar-refractivity contribution is 6.34.